The zero-order valence-electron chi connectivity index (χ0n) is 25.8. The average molecular weight is 598 g/mol. The molecule has 1 aromatic heterocycles. The smallest absolute Gasteiger partial charge is 0.0541 e. The quantitative estimate of drug-likeness (QED) is 0.186. The summed E-state index contributed by atoms with van der Waals surface area (Å²) < 4.78 is 2.44. The molecular weight excluding hydrogens is 567 g/mol. The predicted molar refractivity (Wildman–Crippen MR) is 200 cm³/mol. The summed E-state index contributed by atoms with van der Waals surface area (Å²) in [7, 11) is 0. The number of aromatic nitrogens is 1. The molecule has 0 saturated carbocycles. The zero-order chi connectivity index (χ0) is 31.2. The maximum absolute atomic E-state index is 2.44. The van der Waals surface area contributed by atoms with E-state index in [0.717, 1.165) is 0 Å². The van der Waals surface area contributed by atoms with Crippen LogP contribution in [-0.4, -0.2) is 4.57 Å². The molecule has 0 aliphatic rings. The Hall–Kier alpha value is -6.18. The largest absolute Gasteiger partial charge is 0.309 e. The lowest BCUT2D eigenvalue weighted by Gasteiger charge is -2.12. The van der Waals surface area contributed by atoms with E-state index in [4.69, 9.17) is 0 Å². The highest BCUT2D eigenvalue weighted by molar-refractivity contribution is 6.12. The van der Waals surface area contributed by atoms with Crippen molar-refractivity contribution in [1.29, 1.82) is 0 Å². The lowest BCUT2D eigenvalue weighted by Crippen LogP contribution is -1.95. The Morgan fingerprint density at radius 3 is 1.15 bits per heavy atom. The molecule has 220 valence electrons. The van der Waals surface area contributed by atoms with Crippen molar-refractivity contribution in [3.05, 3.63) is 188 Å². The van der Waals surface area contributed by atoms with E-state index in [9.17, 15) is 0 Å². The number of rotatable bonds is 5. The summed E-state index contributed by atoms with van der Waals surface area (Å²) in [6.07, 6.45) is 0. The fourth-order valence-electron chi connectivity index (χ4n) is 7.02. The minimum absolute atomic E-state index is 1.20. The van der Waals surface area contributed by atoms with Crippen molar-refractivity contribution < 1.29 is 0 Å². The molecule has 0 spiro atoms. The first kappa shape index (κ1) is 27.2. The van der Waals surface area contributed by atoms with Crippen molar-refractivity contribution in [3.8, 4) is 50.2 Å². The van der Waals surface area contributed by atoms with Crippen LogP contribution >= 0.6 is 0 Å². The van der Waals surface area contributed by atoms with Crippen molar-refractivity contribution in [2.75, 3.05) is 0 Å². The summed E-state index contributed by atoms with van der Waals surface area (Å²) in [5.74, 6) is 0. The monoisotopic (exact) mass is 597 g/mol. The second kappa shape index (κ2) is 11.3. The molecule has 8 aromatic carbocycles. The Morgan fingerprint density at radius 2 is 0.638 bits per heavy atom. The zero-order valence-corrected chi connectivity index (χ0v) is 25.8. The highest BCUT2D eigenvalue weighted by Crippen LogP contribution is 2.39. The van der Waals surface area contributed by atoms with E-state index in [2.05, 4.69) is 193 Å². The Labute approximate surface area is 274 Å². The van der Waals surface area contributed by atoms with Crippen LogP contribution in [-0.2, 0) is 0 Å². The summed E-state index contributed by atoms with van der Waals surface area (Å²) in [6, 6.07) is 68.2. The molecule has 0 bridgehead atoms. The van der Waals surface area contributed by atoms with Crippen molar-refractivity contribution in [1.82, 2.24) is 4.57 Å². The number of fused-ring (bicyclic) bond motifs is 4. The van der Waals surface area contributed by atoms with Crippen LogP contribution < -0.4 is 0 Å². The van der Waals surface area contributed by atoms with Crippen molar-refractivity contribution >= 4 is 32.6 Å². The molecule has 9 aromatic rings. The molecule has 47 heavy (non-hydrogen) atoms. The summed E-state index contributed by atoms with van der Waals surface area (Å²) in [5.41, 5.74) is 13.4. The third-order valence-electron chi connectivity index (χ3n) is 9.42. The fourth-order valence-corrected chi connectivity index (χ4v) is 7.02. The topological polar surface area (TPSA) is 4.93 Å². The molecule has 1 heteroatoms. The van der Waals surface area contributed by atoms with E-state index >= 15 is 0 Å². The average Bonchev–Trinajstić information content (AvgIpc) is 3.48. The van der Waals surface area contributed by atoms with Gasteiger partial charge in [-0.05, 0) is 80.2 Å². The normalized spacial score (nSPS) is 11.4. The molecule has 9 rings (SSSR count). The van der Waals surface area contributed by atoms with Crippen LogP contribution in [0.25, 0.3) is 82.8 Å². The first-order valence-electron chi connectivity index (χ1n) is 16.2. The van der Waals surface area contributed by atoms with E-state index in [1.54, 1.807) is 0 Å². The second-order valence-electron chi connectivity index (χ2n) is 12.2. The molecule has 1 heterocycles. The molecule has 1 nitrogen and oxygen atoms in total. The van der Waals surface area contributed by atoms with Crippen molar-refractivity contribution in [2.45, 2.75) is 0 Å². The summed E-state index contributed by atoms with van der Waals surface area (Å²) in [4.78, 5) is 0. The lowest BCUT2D eigenvalue weighted by molar-refractivity contribution is 1.20. The van der Waals surface area contributed by atoms with Crippen molar-refractivity contribution in [2.24, 2.45) is 0 Å². The molecule has 0 N–H and O–H groups in total. The van der Waals surface area contributed by atoms with E-state index in [1.165, 1.54) is 82.8 Å². The van der Waals surface area contributed by atoms with E-state index in [0.29, 0.717) is 0 Å². The molecule has 0 aliphatic heterocycles. The Balaban J connectivity index is 1.22. The van der Waals surface area contributed by atoms with Crippen LogP contribution in [0.15, 0.2) is 188 Å². The Morgan fingerprint density at radius 1 is 0.255 bits per heavy atom. The predicted octanol–water partition coefficient (Wildman–Crippen LogP) is 12.6. The van der Waals surface area contributed by atoms with E-state index in [1.807, 2.05) is 0 Å². The summed E-state index contributed by atoms with van der Waals surface area (Å²) in [5, 5.41) is 4.99. The molecular formula is C46H31N. The van der Waals surface area contributed by atoms with Gasteiger partial charge in [0.15, 0.2) is 0 Å². The van der Waals surface area contributed by atoms with Gasteiger partial charge in [0, 0.05) is 16.2 Å². The highest BCUT2D eigenvalue weighted by Gasteiger charge is 2.16. The first-order valence-corrected chi connectivity index (χ1v) is 16.2. The minimum atomic E-state index is 1.20. The standard InChI is InChI=1S/C46H31N/c1-3-10-32(11-4-1)34-18-22-36(23-19-34)39-26-28-45-42(30-39)43-31-40(37-24-20-35(21-25-37)33-12-5-2-6-13-33)27-29-46(43)47(45)44-17-9-15-38-14-7-8-16-41(38)44/h1-31H. The molecule has 0 atom stereocenters. The third-order valence-corrected chi connectivity index (χ3v) is 9.42. The molecule has 0 unspecified atom stereocenters. The number of hydrogen-bond donors (Lipinski definition) is 0. The van der Waals surface area contributed by atoms with Crippen LogP contribution in [0.4, 0.5) is 0 Å². The maximum Gasteiger partial charge on any atom is 0.0541 e. The van der Waals surface area contributed by atoms with Gasteiger partial charge >= 0.3 is 0 Å². The summed E-state index contributed by atoms with van der Waals surface area (Å²) in [6.45, 7) is 0. The van der Waals surface area contributed by atoms with Gasteiger partial charge in [0.25, 0.3) is 0 Å². The van der Waals surface area contributed by atoms with E-state index < -0.39 is 0 Å². The highest BCUT2D eigenvalue weighted by atomic mass is 15.0. The van der Waals surface area contributed by atoms with Gasteiger partial charge in [0.2, 0.25) is 0 Å². The lowest BCUT2D eigenvalue weighted by atomic mass is 9.97. The van der Waals surface area contributed by atoms with Gasteiger partial charge in [-0.3, -0.25) is 0 Å². The minimum Gasteiger partial charge on any atom is -0.309 e. The number of nitrogens with zero attached hydrogens (tertiary/aromatic N) is 1. The maximum atomic E-state index is 2.44. The van der Waals surface area contributed by atoms with Gasteiger partial charge in [-0.2, -0.15) is 0 Å². The molecule has 0 saturated heterocycles. The third kappa shape index (κ3) is 4.81. The van der Waals surface area contributed by atoms with Gasteiger partial charge < -0.3 is 4.57 Å². The van der Waals surface area contributed by atoms with Crippen LogP contribution in [0.1, 0.15) is 0 Å². The van der Waals surface area contributed by atoms with Crippen LogP contribution in [0.5, 0.6) is 0 Å². The van der Waals surface area contributed by atoms with Gasteiger partial charge in [-0.1, -0.05) is 158 Å². The van der Waals surface area contributed by atoms with Crippen LogP contribution in [0.2, 0.25) is 0 Å². The summed E-state index contributed by atoms with van der Waals surface area (Å²) >= 11 is 0. The van der Waals surface area contributed by atoms with Crippen LogP contribution in [0, 0.1) is 0 Å². The molecule has 0 fully saturated rings. The fraction of sp³-hybridized carbons (Fsp3) is 0. The van der Waals surface area contributed by atoms with Crippen molar-refractivity contribution in [3.63, 3.8) is 0 Å². The Kier molecular flexibility index (Phi) is 6.54. The van der Waals surface area contributed by atoms with E-state index in [-0.39, 0.29) is 0 Å². The molecule has 0 aliphatic carbocycles. The molecule has 0 amide bonds. The first-order chi connectivity index (χ1) is 23.3. The van der Waals surface area contributed by atoms with Gasteiger partial charge in [-0.15, -0.1) is 0 Å². The van der Waals surface area contributed by atoms with Gasteiger partial charge in [0.1, 0.15) is 0 Å². The van der Waals surface area contributed by atoms with Crippen LogP contribution in [0.3, 0.4) is 0 Å². The second-order valence-corrected chi connectivity index (χ2v) is 12.2. The number of hydrogen-bond acceptors (Lipinski definition) is 0. The van der Waals surface area contributed by atoms with Gasteiger partial charge in [0.05, 0.1) is 16.7 Å². The number of benzene rings is 8. The Bertz CT molecular complexity index is 2380. The SMILES string of the molecule is c1ccc(-c2ccc(-c3ccc4c(c3)c3cc(-c5ccc(-c6ccccc6)cc5)ccc3n4-c3cccc4ccccc34)cc2)cc1. The van der Waals surface area contributed by atoms with Gasteiger partial charge in [-0.25, -0.2) is 0 Å². The molecule has 0 radical (unpaired) electrons.